The zero-order chi connectivity index (χ0) is 30.1. The quantitative estimate of drug-likeness (QED) is 0.286. The van der Waals surface area contributed by atoms with Crippen molar-refractivity contribution in [3.05, 3.63) is 95.0 Å². The lowest BCUT2D eigenvalue weighted by Crippen LogP contribution is -2.54. The van der Waals surface area contributed by atoms with Crippen molar-refractivity contribution < 1.29 is 22.7 Å². The predicted molar refractivity (Wildman–Crippen MR) is 166 cm³/mol. The number of ether oxygens (including phenoxy) is 1. The molecule has 1 N–H and O–H groups in total. The van der Waals surface area contributed by atoms with Gasteiger partial charge in [0.1, 0.15) is 18.3 Å². The highest BCUT2D eigenvalue weighted by molar-refractivity contribution is 7.92. The normalized spacial score (nSPS) is 14.3. The van der Waals surface area contributed by atoms with Gasteiger partial charge in [0.15, 0.2) is 0 Å². The molecule has 42 heavy (non-hydrogen) atoms. The molecule has 0 bridgehead atoms. The maximum absolute atomic E-state index is 14.2. The summed E-state index contributed by atoms with van der Waals surface area (Å²) in [5, 5.41) is 3.66. The molecule has 3 aromatic rings. The molecule has 1 aliphatic rings. The summed E-state index contributed by atoms with van der Waals surface area (Å²) in [6.07, 6.45) is 5.22. The Balaban J connectivity index is 1.70. The van der Waals surface area contributed by atoms with Gasteiger partial charge in [-0.25, -0.2) is 8.42 Å². The number of rotatable bonds is 13. The fraction of sp³-hybridized carbons (Fsp3) is 0.375. The Morgan fingerprint density at radius 2 is 1.64 bits per heavy atom. The van der Waals surface area contributed by atoms with E-state index >= 15 is 0 Å². The third-order valence-electron chi connectivity index (χ3n) is 7.33. The van der Waals surface area contributed by atoms with Crippen LogP contribution in [-0.4, -0.2) is 56.6 Å². The van der Waals surface area contributed by atoms with Gasteiger partial charge >= 0.3 is 0 Å². The Morgan fingerprint density at radius 3 is 2.26 bits per heavy atom. The SMILES string of the molecule is CCOc1ccc(N(CC(=O)N(Cc2cccc(Cl)c2)[C@H](Cc2ccccc2)C(=O)NC2CCCC2)S(C)(=O)=O)cc1. The van der Waals surface area contributed by atoms with Crippen LogP contribution in [0.4, 0.5) is 5.69 Å². The summed E-state index contributed by atoms with van der Waals surface area (Å²) in [5.74, 6) is -0.167. The number of carbonyl (C=O) groups excluding carboxylic acids is 2. The first-order valence-electron chi connectivity index (χ1n) is 14.2. The van der Waals surface area contributed by atoms with Crippen molar-refractivity contribution in [3.63, 3.8) is 0 Å². The number of sulfonamides is 1. The Morgan fingerprint density at radius 1 is 0.976 bits per heavy atom. The van der Waals surface area contributed by atoms with E-state index in [1.54, 1.807) is 42.5 Å². The zero-order valence-electron chi connectivity index (χ0n) is 24.0. The van der Waals surface area contributed by atoms with Crippen molar-refractivity contribution in [3.8, 4) is 5.75 Å². The third kappa shape index (κ3) is 8.72. The lowest BCUT2D eigenvalue weighted by molar-refractivity contribution is -0.140. The molecule has 0 heterocycles. The summed E-state index contributed by atoms with van der Waals surface area (Å²) < 4.78 is 32.5. The maximum Gasteiger partial charge on any atom is 0.244 e. The van der Waals surface area contributed by atoms with Gasteiger partial charge in [0.05, 0.1) is 18.6 Å². The van der Waals surface area contributed by atoms with Crippen molar-refractivity contribution in [1.29, 1.82) is 0 Å². The summed E-state index contributed by atoms with van der Waals surface area (Å²) >= 11 is 6.27. The van der Waals surface area contributed by atoms with Crippen LogP contribution in [0.15, 0.2) is 78.9 Å². The Bertz CT molecular complexity index is 1440. The number of nitrogens with one attached hydrogen (secondary N) is 1. The van der Waals surface area contributed by atoms with Crippen LogP contribution in [0.25, 0.3) is 0 Å². The van der Waals surface area contributed by atoms with Crippen molar-refractivity contribution in [2.75, 3.05) is 23.7 Å². The average molecular weight is 612 g/mol. The number of hydrogen-bond acceptors (Lipinski definition) is 5. The Labute approximate surface area is 253 Å². The molecule has 2 amide bonds. The molecular weight excluding hydrogens is 574 g/mol. The van der Waals surface area contributed by atoms with Crippen molar-refractivity contribution >= 4 is 39.1 Å². The van der Waals surface area contributed by atoms with Crippen LogP contribution >= 0.6 is 11.6 Å². The van der Waals surface area contributed by atoms with Crippen LogP contribution in [0, 0.1) is 0 Å². The molecule has 0 aliphatic heterocycles. The summed E-state index contributed by atoms with van der Waals surface area (Å²) in [5.41, 5.74) is 1.95. The highest BCUT2D eigenvalue weighted by Gasteiger charge is 2.34. The van der Waals surface area contributed by atoms with Crippen LogP contribution in [0.3, 0.4) is 0 Å². The lowest BCUT2D eigenvalue weighted by atomic mass is 10.0. The first-order chi connectivity index (χ1) is 20.1. The Hall–Kier alpha value is -3.56. The van der Waals surface area contributed by atoms with Crippen LogP contribution in [-0.2, 0) is 32.6 Å². The lowest BCUT2D eigenvalue weighted by Gasteiger charge is -2.34. The molecule has 1 aliphatic carbocycles. The van der Waals surface area contributed by atoms with Gasteiger partial charge < -0.3 is 15.0 Å². The predicted octanol–water partition coefficient (Wildman–Crippen LogP) is 5.20. The molecule has 8 nitrogen and oxygen atoms in total. The number of hydrogen-bond donors (Lipinski definition) is 1. The summed E-state index contributed by atoms with van der Waals surface area (Å²) in [6.45, 7) is 1.93. The van der Waals surface area contributed by atoms with Gasteiger partial charge in [0, 0.05) is 24.0 Å². The number of benzene rings is 3. The van der Waals surface area contributed by atoms with Crippen LogP contribution < -0.4 is 14.4 Å². The average Bonchev–Trinajstić information content (AvgIpc) is 3.47. The number of carbonyl (C=O) groups is 2. The van der Waals surface area contributed by atoms with Crippen LogP contribution in [0.1, 0.15) is 43.7 Å². The van der Waals surface area contributed by atoms with E-state index in [1.807, 2.05) is 43.3 Å². The largest absolute Gasteiger partial charge is 0.494 e. The van der Waals surface area contributed by atoms with Crippen LogP contribution in [0.5, 0.6) is 5.75 Å². The van der Waals surface area contributed by atoms with E-state index in [1.165, 1.54) is 4.90 Å². The second kappa shape index (κ2) is 14.6. The van der Waals surface area contributed by atoms with Gasteiger partial charge in [0.2, 0.25) is 21.8 Å². The highest BCUT2D eigenvalue weighted by atomic mass is 35.5. The van der Waals surface area contributed by atoms with E-state index in [0.29, 0.717) is 23.1 Å². The second-order valence-electron chi connectivity index (χ2n) is 10.5. The summed E-state index contributed by atoms with van der Waals surface area (Å²) in [4.78, 5) is 29.6. The fourth-order valence-electron chi connectivity index (χ4n) is 5.24. The first kappa shape index (κ1) is 31.4. The molecular formula is C32H38ClN3O5S. The zero-order valence-corrected chi connectivity index (χ0v) is 25.6. The fourth-order valence-corrected chi connectivity index (χ4v) is 6.30. The maximum atomic E-state index is 14.2. The molecule has 0 radical (unpaired) electrons. The monoisotopic (exact) mass is 611 g/mol. The van der Waals surface area contributed by atoms with Gasteiger partial charge in [-0.2, -0.15) is 0 Å². The molecule has 0 unspecified atom stereocenters. The molecule has 1 fully saturated rings. The minimum atomic E-state index is -3.85. The van der Waals surface area contributed by atoms with Gasteiger partial charge in [-0.1, -0.05) is 66.9 Å². The van der Waals surface area contributed by atoms with Gasteiger partial charge in [-0.05, 0) is 67.3 Å². The molecule has 1 saturated carbocycles. The molecule has 0 saturated heterocycles. The van der Waals surface area contributed by atoms with Gasteiger partial charge in [-0.15, -0.1) is 0 Å². The number of nitrogens with zero attached hydrogens (tertiary/aromatic N) is 2. The highest BCUT2D eigenvalue weighted by Crippen LogP contribution is 2.24. The number of halogens is 1. The minimum Gasteiger partial charge on any atom is -0.494 e. The van der Waals surface area contributed by atoms with Crippen LogP contribution in [0.2, 0.25) is 5.02 Å². The smallest absolute Gasteiger partial charge is 0.244 e. The van der Waals surface area contributed by atoms with Crippen molar-refractivity contribution in [1.82, 2.24) is 10.2 Å². The van der Waals surface area contributed by atoms with Crippen molar-refractivity contribution in [2.45, 2.75) is 57.7 Å². The molecule has 1 atom stereocenters. The van der Waals surface area contributed by atoms with Crippen molar-refractivity contribution in [2.24, 2.45) is 0 Å². The summed E-state index contributed by atoms with van der Waals surface area (Å²) in [6, 6.07) is 22.3. The van der Waals surface area contributed by atoms with E-state index < -0.39 is 28.5 Å². The van der Waals surface area contributed by atoms with E-state index in [0.717, 1.165) is 47.4 Å². The molecule has 0 spiro atoms. The molecule has 10 heteroatoms. The van der Waals surface area contributed by atoms with Gasteiger partial charge in [-0.3, -0.25) is 13.9 Å². The molecule has 3 aromatic carbocycles. The minimum absolute atomic E-state index is 0.0512. The first-order valence-corrected chi connectivity index (χ1v) is 16.5. The topological polar surface area (TPSA) is 96.0 Å². The molecule has 4 rings (SSSR count). The number of anilines is 1. The third-order valence-corrected chi connectivity index (χ3v) is 8.71. The van der Waals surface area contributed by atoms with E-state index in [9.17, 15) is 18.0 Å². The molecule has 0 aromatic heterocycles. The molecule has 224 valence electrons. The van der Waals surface area contributed by atoms with E-state index in [4.69, 9.17) is 16.3 Å². The van der Waals surface area contributed by atoms with E-state index in [-0.39, 0.29) is 24.9 Å². The second-order valence-corrected chi connectivity index (χ2v) is 12.9. The standard InChI is InChI=1S/C32H38ClN3O5S/c1-3-41-29-18-16-28(17-19-29)36(42(2,39)40)23-31(37)35(22-25-12-9-13-26(33)20-25)30(21-24-10-5-4-6-11-24)32(38)34-27-14-7-8-15-27/h4-6,9-13,16-20,27,30H,3,7-8,14-15,21-23H2,1-2H3,(H,34,38)/t30-/m1/s1. The Kier molecular flexibility index (Phi) is 10.9. The van der Waals surface area contributed by atoms with E-state index in [2.05, 4.69) is 5.32 Å². The summed E-state index contributed by atoms with van der Waals surface area (Å²) in [7, 11) is -3.85. The van der Waals surface area contributed by atoms with Gasteiger partial charge in [0.25, 0.3) is 0 Å². The number of amides is 2.